The van der Waals surface area contributed by atoms with E-state index >= 15 is 0 Å². The Morgan fingerprint density at radius 3 is 2.67 bits per heavy atom. The summed E-state index contributed by atoms with van der Waals surface area (Å²) in [6.45, 7) is 4.99. The fourth-order valence-electron chi connectivity index (χ4n) is 2.12. The lowest BCUT2D eigenvalue weighted by atomic mass is 10.0. The number of nitrogens with one attached hydrogen (secondary N) is 1. The Bertz CT molecular complexity index is 463. The number of aliphatic carboxylic acids is 1. The molecule has 1 unspecified atom stereocenters. The van der Waals surface area contributed by atoms with E-state index in [-0.39, 0.29) is 18.2 Å². The molecule has 0 heterocycles. The number of rotatable bonds is 9. The van der Waals surface area contributed by atoms with E-state index in [9.17, 15) is 9.18 Å². The molecule has 0 radical (unpaired) electrons. The number of methoxy groups -OCH3 is 1. The molecule has 1 rings (SSSR count). The predicted octanol–water partition coefficient (Wildman–Crippen LogP) is 2.86. The summed E-state index contributed by atoms with van der Waals surface area (Å²) in [5.74, 6) is -0.528. The highest BCUT2D eigenvalue weighted by Gasteiger charge is 2.14. The maximum atomic E-state index is 13.7. The second kappa shape index (κ2) is 8.62. The smallest absolute Gasteiger partial charge is 0.304 e. The van der Waals surface area contributed by atoms with Crippen molar-refractivity contribution in [2.45, 2.75) is 39.2 Å². The minimum atomic E-state index is -0.856. The van der Waals surface area contributed by atoms with Crippen LogP contribution in [0.4, 0.5) is 4.39 Å². The quantitative estimate of drug-likeness (QED) is 0.736. The molecule has 0 saturated heterocycles. The van der Waals surface area contributed by atoms with Crippen LogP contribution in [0.1, 0.15) is 32.3 Å². The van der Waals surface area contributed by atoms with E-state index in [1.807, 2.05) is 0 Å². The Morgan fingerprint density at radius 2 is 2.14 bits per heavy atom. The standard InChI is InChI=1S/C16H24FNO3/c1-11(2)6-7-18-13(10-16(19)20)8-12-4-5-15(21-3)14(17)9-12/h4-5,9,11,13,18H,6-8,10H2,1-3H3,(H,19,20). The fourth-order valence-corrected chi connectivity index (χ4v) is 2.12. The van der Waals surface area contributed by atoms with E-state index in [1.54, 1.807) is 12.1 Å². The molecule has 4 nitrogen and oxygen atoms in total. The summed E-state index contributed by atoms with van der Waals surface area (Å²) in [5, 5.41) is 12.2. The largest absolute Gasteiger partial charge is 0.494 e. The van der Waals surface area contributed by atoms with E-state index in [0.29, 0.717) is 12.3 Å². The average molecular weight is 297 g/mol. The molecule has 1 aromatic carbocycles. The molecule has 0 aliphatic heterocycles. The summed E-state index contributed by atoms with van der Waals surface area (Å²) < 4.78 is 18.5. The molecule has 0 aliphatic rings. The van der Waals surface area contributed by atoms with Crippen molar-refractivity contribution in [1.82, 2.24) is 5.32 Å². The molecule has 21 heavy (non-hydrogen) atoms. The molecule has 0 aromatic heterocycles. The molecule has 0 fully saturated rings. The minimum Gasteiger partial charge on any atom is -0.494 e. The summed E-state index contributed by atoms with van der Waals surface area (Å²) in [7, 11) is 1.42. The van der Waals surface area contributed by atoms with Crippen LogP contribution in [0, 0.1) is 11.7 Å². The van der Waals surface area contributed by atoms with Crippen LogP contribution in [0.2, 0.25) is 0 Å². The van der Waals surface area contributed by atoms with Crippen molar-refractivity contribution in [3.05, 3.63) is 29.6 Å². The third kappa shape index (κ3) is 6.58. The zero-order valence-corrected chi connectivity index (χ0v) is 12.9. The molecule has 0 spiro atoms. The maximum absolute atomic E-state index is 13.7. The van der Waals surface area contributed by atoms with Gasteiger partial charge >= 0.3 is 5.97 Å². The summed E-state index contributed by atoms with van der Waals surface area (Å²) in [6.07, 6.45) is 1.48. The molecular formula is C16H24FNO3. The van der Waals surface area contributed by atoms with Crippen LogP contribution >= 0.6 is 0 Å². The van der Waals surface area contributed by atoms with Gasteiger partial charge in [0.25, 0.3) is 0 Å². The van der Waals surface area contributed by atoms with Crippen molar-refractivity contribution >= 4 is 5.97 Å². The van der Waals surface area contributed by atoms with Gasteiger partial charge in [-0.25, -0.2) is 4.39 Å². The van der Waals surface area contributed by atoms with Crippen LogP contribution in [-0.2, 0) is 11.2 Å². The van der Waals surface area contributed by atoms with E-state index < -0.39 is 11.8 Å². The van der Waals surface area contributed by atoms with Gasteiger partial charge in [-0.05, 0) is 43.0 Å². The predicted molar refractivity (Wildman–Crippen MR) is 80.2 cm³/mol. The average Bonchev–Trinajstić information content (AvgIpc) is 2.37. The molecule has 1 aromatic rings. The van der Waals surface area contributed by atoms with Gasteiger partial charge < -0.3 is 15.2 Å². The van der Waals surface area contributed by atoms with Crippen molar-refractivity contribution in [1.29, 1.82) is 0 Å². The molecule has 0 amide bonds. The van der Waals surface area contributed by atoms with Crippen LogP contribution in [0.3, 0.4) is 0 Å². The Morgan fingerprint density at radius 1 is 1.43 bits per heavy atom. The van der Waals surface area contributed by atoms with Gasteiger partial charge in [-0.15, -0.1) is 0 Å². The summed E-state index contributed by atoms with van der Waals surface area (Å²) in [6, 6.07) is 4.53. The number of carboxylic acids is 1. The van der Waals surface area contributed by atoms with Crippen LogP contribution in [0.15, 0.2) is 18.2 Å². The Hall–Kier alpha value is -1.62. The lowest BCUT2D eigenvalue weighted by Gasteiger charge is -2.18. The second-order valence-corrected chi connectivity index (χ2v) is 5.60. The number of carboxylic acid groups (broad SMARTS) is 1. The van der Waals surface area contributed by atoms with Gasteiger partial charge in [-0.1, -0.05) is 19.9 Å². The fraction of sp³-hybridized carbons (Fsp3) is 0.562. The molecular weight excluding hydrogens is 273 g/mol. The molecule has 2 N–H and O–H groups in total. The molecule has 5 heteroatoms. The third-order valence-electron chi connectivity index (χ3n) is 3.27. The van der Waals surface area contributed by atoms with E-state index in [1.165, 1.54) is 13.2 Å². The van der Waals surface area contributed by atoms with Crippen LogP contribution in [0.25, 0.3) is 0 Å². The van der Waals surface area contributed by atoms with Crippen LogP contribution in [-0.4, -0.2) is 30.8 Å². The Balaban J connectivity index is 2.66. The van der Waals surface area contributed by atoms with E-state index in [4.69, 9.17) is 9.84 Å². The number of carbonyl (C=O) groups is 1. The van der Waals surface area contributed by atoms with Crippen LogP contribution < -0.4 is 10.1 Å². The highest BCUT2D eigenvalue weighted by molar-refractivity contribution is 5.67. The molecule has 0 bridgehead atoms. The lowest BCUT2D eigenvalue weighted by Crippen LogP contribution is -2.34. The van der Waals surface area contributed by atoms with Crippen LogP contribution in [0.5, 0.6) is 5.75 Å². The SMILES string of the molecule is COc1ccc(CC(CC(=O)O)NCCC(C)C)cc1F. The number of benzene rings is 1. The summed E-state index contributed by atoms with van der Waals surface area (Å²) in [5.41, 5.74) is 0.761. The first-order valence-corrected chi connectivity index (χ1v) is 7.20. The van der Waals surface area contributed by atoms with Gasteiger partial charge in [0.05, 0.1) is 13.5 Å². The number of hydrogen-bond donors (Lipinski definition) is 2. The van der Waals surface area contributed by atoms with Crippen molar-refractivity contribution in [3.8, 4) is 5.75 Å². The van der Waals surface area contributed by atoms with E-state index in [2.05, 4.69) is 19.2 Å². The highest BCUT2D eigenvalue weighted by atomic mass is 19.1. The Labute approximate surface area is 125 Å². The van der Waals surface area contributed by atoms with Gasteiger partial charge in [-0.3, -0.25) is 4.79 Å². The molecule has 0 aliphatic carbocycles. The first kappa shape index (κ1) is 17.4. The van der Waals surface area contributed by atoms with Crippen molar-refractivity contribution in [3.63, 3.8) is 0 Å². The number of halogens is 1. The maximum Gasteiger partial charge on any atom is 0.304 e. The van der Waals surface area contributed by atoms with Gasteiger partial charge in [0, 0.05) is 6.04 Å². The Kier molecular flexibility index (Phi) is 7.15. The molecule has 1 atom stereocenters. The van der Waals surface area contributed by atoms with E-state index in [0.717, 1.165) is 18.5 Å². The first-order valence-electron chi connectivity index (χ1n) is 7.20. The molecule has 118 valence electrons. The lowest BCUT2D eigenvalue weighted by molar-refractivity contribution is -0.137. The zero-order valence-electron chi connectivity index (χ0n) is 12.9. The minimum absolute atomic E-state index is 0.0196. The molecule has 0 saturated carbocycles. The number of hydrogen-bond acceptors (Lipinski definition) is 3. The normalized spacial score (nSPS) is 12.4. The second-order valence-electron chi connectivity index (χ2n) is 5.60. The monoisotopic (exact) mass is 297 g/mol. The number of ether oxygens (including phenoxy) is 1. The zero-order chi connectivity index (χ0) is 15.8. The first-order chi connectivity index (χ1) is 9.92. The summed E-state index contributed by atoms with van der Waals surface area (Å²) in [4.78, 5) is 10.9. The van der Waals surface area contributed by atoms with Gasteiger partial charge in [0.1, 0.15) is 0 Å². The van der Waals surface area contributed by atoms with Gasteiger partial charge in [0.2, 0.25) is 0 Å². The summed E-state index contributed by atoms with van der Waals surface area (Å²) >= 11 is 0. The van der Waals surface area contributed by atoms with Gasteiger partial charge in [-0.2, -0.15) is 0 Å². The highest BCUT2D eigenvalue weighted by Crippen LogP contribution is 2.19. The van der Waals surface area contributed by atoms with Gasteiger partial charge in [0.15, 0.2) is 11.6 Å². The van der Waals surface area contributed by atoms with Crippen molar-refractivity contribution < 1.29 is 19.0 Å². The third-order valence-corrected chi connectivity index (χ3v) is 3.27. The van der Waals surface area contributed by atoms with Crippen molar-refractivity contribution in [2.24, 2.45) is 5.92 Å². The topological polar surface area (TPSA) is 58.6 Å². The van der Waals surface area contributed by atoms with Crippen molar-refractivity contribution in [2.75, 3.05) is 13.7 Å².